The molecular formula is C16H13N3O. The summed E-state index contributed by atoms with van der Waals surface area (Å²) in [5, 5.41) is 2.80. The molecule has 2 aromatic heterocycles. The molecule has 1 N–H and O–H groups in total. The van der Waals surface area contributed by atoms with Crippen molar-refractivity contribution < 1.29 is 4.79 Å². The highest BCUT2D eigenvalue weighted by atomic mass is 16.1. The fourth-order valence-corrected chi connectivity index (χ4v) is 1.94. The molecule has 0 aliphatic carbocycles. The lowest BCUT2D eigenvalue weighted by Gasteiger charge is -2.00. The van der Waals surface area contributed by atoms with Crippen LogP contribution in [-0.4, -0.2) is 15.3 Å². The maximum absolute atomic E-state index is 11.8. The summed E-state index contributed by atoms with van der Waals surface area (Å²) >= 11 is 0. The number of carbonyl (C=O) groups is 1. The minimum atomic E-state index is -0.165. The van der Waals surface area contributed by atoms with Gasteiger partial charge < -0.3 is 9.72 Å². The first-order valence-corrected chi connectivity index (χ1v) is 6.29. The second-order valence-electron chi connectivity index (χ2n) is 4.30. The lowest BCUT2D eigenvalue weighted by molar-refractivity contribution is -0.111. The zero-order valence-electron chi connectivity index (χ0n) is 10.7. The molecule has 0 aliphatic rings. The second kappa shape index (κ2) is 5.40. The van der Waals surface area contributed by atoms with Crippen LogP contribution in [-0.2, 0) is 4.79 Å². The summed E-state index contributed by atoms with van der Waals surface area (Å²) in [6, 6.07) is 15.1. The molecule has 0 atom stereocenters. The van der Waals surface area contributed by atoms with E-state index in [2.05, 4.69) is 10.3 Å². The molecule has 2 heterocycles. The molecule has 98 valence electrons. The Balaban J connectivity index is 1.75. The molecule has 3 rings (SSSR count). The van der Waals surface area contributed by atoms with Crippen LogP contribution in [0.1, 0.15) is 5.69 Å². The fraction of sp³-hybridized carbons (Fsp3) is 0. The second-order valence-corrected chi connectivity index (χ2v) is 4.30. The van der Waals surface area contributed by atoms with Gasteiger partial charge in [-0.25, -0.2) is 4.98 Å². The van der Waals surface area contributed by atoms with Crippen LogP contribution in [0.25, 0.3) is 11.7 Å². The first-order chi connectivity index (χ1) is 9.83. The number of pyridine rings is 1. The number of fused-ring (bicyclic) bond motifs is 1. The highest BCUT2D eigenvalue weighted by molar-refractivity contribution is 6.01. The minimum absolute atomic E-state index is 0.165. The predicted octanol–water partition coefficient (Wildman–Crippen LogP) is 2.99. The van der Waals surface area contributed by atoms with Crippen LogP contribution < -0.4 is 5.32 Å². The summed E-state index contributed by atoms with van der Waals surface area (Å²) in [6.07, 6.45) is 6.90. The standard InChI is InChI=1S/C16H13N3O/c20-16(18-13-6-2-1-3-7-13)10-9-14-12-17-15-8-4-5-11-19(14)15/h1-12H,(H,18,20)/b10-9+. The van der Waals surface area contributed by atoms with Crippen molar-refractivity contribution in [3.63, 3.8) is 0 Å². The Labute approximate surface area is 116 Å². The van der Waals surface area contributed by atoms with Gasteiger partial charge in [-0.3, -0.25) is 4.79 Å². The van der Waals surface area contributed by atoms with Crippen LogP contribution in [0.5, 0.6) is 0 Å². The number of hydrogen-bond donors (Lipinski definition) is 1. The molecule has 0 spiro atoms. The van der Waals surface area contributed by atoms with E-state index in [1.165, 1.54) is 6.08 Å². The van der Waals surface area contributed by atoms with Crippen LogP contribution in [0.3, 0.4) is 0 Å². The van der Waals surface area contributed by atoms with Gasteiger partial charge in [-0.05, 0) is 30.3 Å². The number of para-hydroxylation sites is 1. The first-order valence-electron chi connectivity index (χ1n) is 6.29. The Hall–Kier alpha value is -2.88. The molecular weight excluding hydrogens is 250 g/mol. The molecule has 1 aromatic carbocycles. The Morgan fingerprint density at radius 1 is 1.10 bits per heavy atom. The van der Waals surface area contributed by atoms with Gasteiger partial charge in [0, 0.05) is 18.0 Å². The summed E-state index contributed by atoms with van der Waals surface area (Å²) < 4.78 is 1.92. The molecule has 0 saturated heterocycles. The smallest absolute Gasteiger partial charge is 0.248 e. The lowest BCUT2D eigenvalue weighted by atomic mass is 10.3. The molecule has 20 heavy (non-hydrogen) atoms. The van der Waals surface area contributed by atoms with Crippen LogP contribution in [0, 0.1) is 0 Å². The zero-order valence-corrected chi connectivity index (χ0v) is 10.7. The number of benzene rings is 1. The van der Waals surface area contributed by atoms with E-state index in [9.17, 15) is 4.79 Å². The molecule has 0 bridgehead atoms. The van der Waals surface area contributed by atoms with Crippen molar-refractivity contribution in [2.45, 2.75) is 0 Å². The third-order valence-electron chi connectivity index (χ3n) is 2.89. The van der Waals surface area contributed by atoms with E-state index in [-0.39, 0.29) is 5.91 Å². The number of amides is 1. The normalized spacial score (nSPS) is 11.0. The van der Waals surface area contributed by atoms with E-state index in [4.69, 9.17) is 0 Å². The summed E-state index contributed by atoms with van der Waals surface area (Å²) in [6.45, 7) is 0. The van der Waals surface area contributed by atoms with E-state index in [0.717, 1.165) is 17.0 Å². The van der Waals surface area contributed by atoms with Gasteiger partial charge in [0.1, 0.15) is 5.65 Å². The van der Waals surface area contributed by atoms with Gasteiger partial charge in [-0.2, -0.15) is 0 Å². The number of hydrogen-bond acceptors (Lipinski definition) is 2. The summed E-state index contributed by atoms with van der Waals surface area (Å²) in [7, 11) is 0. The SMILES string of the molecule is O=C(/C=C/c1cnc2ccccn12)Nc1ccccc1. The van der Waals surface area contributed by atoms with Crippen molar-refractivity contribution in [3.8, 4) is 0 Å². The first kappa shape index (κ1) is 12.2. The molecule has 4 heteroatoms. The maximum atomic E-state index is 11.8. The monoisotopic (exact) mass is 263 g/mol. The van der Waals surface area contributed by atoms with E-state index >= 15 is 0 Å². The Morgan fingerprint density at radius 3 is 2.75 bits per heavy atom. The van der Waals surface area contributed by atoms with Crippen LogP contribution in [0.15, 0.2) is 67.0 Å². The molecule has 4 nitrogen and oxygen atoms in total. The van der Waals surface area contributed by atoms with Gasteiger partial charge in [0.15, 0.2) is 0 Å². The Morgan fingerprint density at radius 2 is 1.90 bits per heavy atom. The van der Waals surface area contributed by atoms with Crippen molar-refractivity contribution in [3.05, 3.63) is 72.7 Å². The number of imidazole rings is 1. The molecule has 0 aliphatic heterocycles. The van der Waals surface area contributed by atoms with Gasteiger partial charge in [0.05, 0.1) is 11.9 Å². The topological polar surface area (TPSA) is 46.4 Å². The van der Waals surface area contributed by atoms with Gasteiger partial charge in [-0.15, -0.1) is 0 Å². The summed E-state index contributed by atoms with van der Waals surface area (Å²) in [4.78, 5) is 16.1. The Kier molecular flexibility index (Phi) is 3.29. The lowest BCUT2D eigenvalue weighted by Crippen LogP contribution is -2.07. The van der Waals surface area contributed by atoms with Crippen LogP contribution >= 0.6 is 0 Å². The average molecular weight is 263 g/mol. The summed E-state index contributed by atoms with van der Waals surface area (Å²) in [5.41, 5.74) is 2.50. The highest BCUT2D eigenvalue weighted by Gasteiger charge is 2.00. The molecule has 0 unspecified atom stereocenters. The van der Waals surface area contributed by atoms with Crippen molar-refractivity contribution >= 4 is 23.3 Å². The number of rotatable bonds is 3. The molecule has 3 aromatic rings. The van der Waals surface area contributed by atoms with E-state index < -0.39 is 0 Å². The van der Waals surface area contributed by atoms with Gasteiger partial charge in [-0.1, -0.05) is 24.3 Å². The van der Waals surface area contributed by atoms with E-state index in [0.29, 0.717) is 0 Å². The highest BCUT2D eigenvalue weighted by Crippen LogP contribution is 2.08. The van der Waals surface area contributed by atoms with Crippen LogP contribution in [0.2, 0.25) is 0 Å². The third-order valence-corrected chi connectivity index (χ3v) is 2.89. The number of carbonyl (C=O) groups excluding carboxylic acids is 1. The quantitative estimate of drug-likeness (QED) is 0.738. The fourth-order valence-electron chi connectivity index (χ4n) is 1.94. The van der Waals surface area contributed by atoms with Crippen molar-refractivity contribution in [1.29, 1.82) is 0 Å². The summed E-state index contributed by atoms with van der Waals surface area (Å²) in [5.74, 6) is -0.165. The van der Waals surface area contributed by atoms with Crippen LogP contribution in [0.4, 0.5) is 5.69 Å². The Bertz CT molecular complexity index is 760. The zero-order chi connectivity index (χ0) is 13.8. The number of aromatic nitrogens is 2. The van der Waals surface area contributed by atoms with Gasteiger partial charge in [0.2, 0.25) is 5.91 Å². The molecule has 0 fully saturated rings. The molecule has 0 saturated carbocycles. The average Bonchev–Trinajstić information content (AvgIpc) is 2.89. The van der Waals surface area contributed by atoms with Crippen molar-refractivity contribution in [1.82, 2.24) is 9.38 Å². The largest absolute Gasteiger partial charge is 0.323 e. The third kappa shape index (κ3) is 2.59. The minimum Gasteiger partial charge on any atom is -0.323 e. The molecule has 0 radical (unpaired) electrons. The number of nitrogens with zero attached hydrogens (tertiary/aromatic N) is 2. The van der Waals surface area contributed by atoms with E-state index in [1.54, 1.807) is 12.3 Å². The number of anilines is 1. The predicted molar refractivity (Wildman–Crippen MR) is 79.3 cm³/mol. The number of nitrogens with one attached hydrogen (secondary N) is 1. The van der Waals surface area contributed by atoms with Gasteiger partial charge >= 0.3 is 0 Å². The van der Waals surface area contributed by atoms with Crippen molar-refractivity contribution in [2.75, 3.05) is 5.32 Å². The maximum Gasteiger partial charge on any atom is 0.248 e. The molecule has 1 amide bonds. The van der Waals surface area contributed by atoms with E-state index in [1.807, 2.05) is 59.1 Å². The van der Waals surface area contributed by atoms with Gasteiger partial charge in [0.25, 0.3) is 0 Å². The van der Waals surface area contributed by atoms with Crippen molar-refractivity contribution in [2.24, 2.45) is 0 Å².